The second-order valence-corrected chi connectivity index (χ2v) is 35.3. The number of aliphatic imine (C=N–C) groups is 1. The third-order valence-corrected chi connectivity index (χ3v) is 23.9. The number of hydrogen-bond donors (Lipinski definition) is 12. The molecule has 0 saturated heterocycles. The van der Waals surface area contributed by atoms with Crippen molar-refractivity contribution in [1.82, 2.24) is 40.4 Å². The van der Waals surface area contributed by atoms with E-state index in [-0.39, 0.29) is 47.2 Å². The van der Waals surface area contributed by atoms with E-state index in [2.05, 4.69) is 152 Å². The Balaban J connectivity index is 0.000000126. The van der Waals surface area contributed by atoms with Crippen LogP contribution in [0.25, 0.3) is 123 Å². The molecule has 3 saturated carbocycles. The monoisotopic (exact) mass is 1850 g/mol. The van der Waals surface area contributed by atoms with Crippen LogP contribution in [-0.4, -0.2) is 95.8 Å². The molecule has 10 aromatic carbocycles. The molecule has 696 valence electrons. The van der Waals surface area contributed by atoms with E-state index in [1.165, 1.54) is 93.3 Å². The lowest BCUT2D eigenvalue weighted by atomic mass is 9.95. The quantitative estimate of drug-likeness (QED) is 0.0222. The van der Waals surface area contributed by atoms with Gasteiger partial charge in [0.25, 0.3) is 0 Å². The van der Waals surface area contributed by atoms with Crippen LogP contribution >= 0.6 is 0 Å². The Hall–Kier alpha value is -17.0. The number of hydrogen-bond acceptors (Lipinski definition) is 17. The van der Waals surface area contributed by atoms with Gasteiger partial charge in [-0.1, -0.05) is 84.4 Å². The summed E-state index contributed by atoms with van der Waals surface area (Å²) >= 11 is 0. The molecule has 139 heavy (non-hydrogen) atoms. The molecule has 14 N–H and O–H groups in total. The van der Waals surface area contributed by atoms with Gasteiger partial charge in [0.1, 0.15) is 17.5 Å². The molecule has 0 atom stereocenters. The second kappa shape index (κ2) is 42.7. The number of carbonyl (C=O) groups is 4. The topological polar surface area (TPSA) is 370 Å². The lowest BCUT2D eigenvalue weighted by molar-refractivity contribution is -0.115. The molecule has 5 amide bonds. The van der Waals surface area contributed by atoms with E-state index in [9.17, 15) is 32.3 Å². The van der Waals surface area contributed by atoms with Gasteiger partial charge in [-0.2, -0.15) is 5.10 Å². The molecular formula is C113H104F3N19O4. The number of aromatic nitrogens is 7. The third-order valence-electron chi connectivity index (χ3n) is 23.9. The molecule has 0 radical (unpaired) electrons. The number of H-pyrrole nitrogens is 1. The summed E-state index contributed by atoms with van der Waals surface area (Å²) in [5.74, 6) is -0.102. The molecule has 1 aliphatic heterocycles. The Morgan fingerprint density at radius 3 is 1.40 bits per heavy atom. The zero-order valence-electron chi connectivity index (χ0n) is 78.0. The van der Waals surface area contributed by atoms with E-state index in [4.69, 9.17) is 27.7 Å². The number of pyridine rings is 5. The molecule has 6 aromatic heterocycles. The number of urea groups is 1. The molecule has 16 aromatic rings. The third kappa shape index (κ3) is 23.7. The summed E-state index contributed by atoms with van der Waals surface area (Å²) in [7, 11) is 0. The fourth-order valence-corrected chi connectivity index (χ4v) is 16.5. The summed E-state index contributed by atoms with van der Waals surface area (Å²) in [5, 5.41) is 48.4. The molecule has 3 fully saturated rings. The average molecular weight is 1850 g/mol. The van der Waals surface area contributed by atoms with Gasteiger partial charge in [-0.15, -0.1) is 0 Å². The Bertz CT molecular complexity index is 7470. The molecule has 20 rings (SSSR count). The number of nitrogens with zero attached hydrogens (tertiary/aromatic N) is 7. The van der Waals surface area contributed by atoms with Gasteiger partial charge in [0.2, 0.25) is 17.7 Å². The fraction of sp³-hybridized carbons (Fsp3) is 0.168. The van der Waals surface area contributed by atoms with E-state index in [1.807, 2.05) is 111 Å². The van der Waals surface area contributed by atoms with Crippen molar-refractivity contribution < 1.29 is 32.3 Å². The predicted octanol–water partition coefficient (Wildman–Crippen LogP) is 25.1. The van der Waals surface area contributed by atoms with Gasteiger partial charge in [0.05, 0.1) is 100.0 Å². The first-order chi connectivity index (χ1) is 67.2. The van der Waals surface area contributed by atoms with E-state index in [0.29, 0.717) is 96.6 Å². The van der Waals surface area contributed by atoms with Crippen molar-refractivity contribution in [1.29, 1.82) is 16.2 Å². The summed E-state index contributed by atoms with van der Waals surface area (Å²) < 4.78 is 41.7. The van der Waals surface area contributed by atoms with E-state index >= 15 is 0 Å². The van der Waals surface area contributed by atoms with Gasteiger partial charge in [-0.3, -0.25) is 49.4 Å². The summed E-state index contributed by atoms with van der Waals surface area (Å²) in [6, 6.07) is 72.8. The van der Waals surface area contributed by atoms with Crippen LogP contribution in [0.3, 0.4) is 0 Å². The first-order valence-corrected chi connectivity index (χ1v) is 45.8. The van der Waals surface area contributed by atoms with E-state index in [0.717, 1.165) is 143 Å². The summed E-state index contributed by atoms with van der Waals surface area (Å²) in [4.78, 5) is 74.1. The molecule has 7 heterocycles. The number of anilines is 7. The van der Waals surface area contributed by atoms with Gasteiger partial charge >= 0.3 is 6.03 Å². The highest BCUT2D eigenvalue weighted by Crippen LogP contribution is 2.46. The number of rotatable bonds is 22. The van der Waals surface area contributed by atoms with Crippen molar-refractivity contribution in [3.63, 3.8) is 0 Å². The first kappa shape index (κ1) is 95.1. The van der Waals surface area contributed by atoms with Crippen LogP contribution in [-0.2, 0) is 20.9 Å². The van der Waals surface area contributed by atoms with Gasteiger partial charge in [0.15, 0.2) is 0 Å². The first-order valence-electron chi connectivity index (χ1n) is 45.8. The van der Waals surface area contributed by atoms with Crippen LogP contribution in [0.4, 0.5) is 57.8 Å². The van der Waals surface area contributed by atoms with Crippen molar-refractivity contribution in [3.8, 4) is 112 Å². The van der Waals surface area contributed by atoms with Crippen LogP contribution < -0.4 is 43.4 Å². The Morgan fingerprint density at radius 1 is 0.424 bits per heavy atom. The van der Waals surface area contributed by atoms with E-state index in [1.54, 1.807) is 105 Å². The summed E-state index contributed by atoms with van der Waals surface area (Å²) in [5.41, 5.74) is 43.8. The zero-order valence-corrected chi connectivity index (χ0v) is 78.0. The molecular weight excluding hydrogens is 1740 g/mol. The number of fused-ring (bicyclic) bond motifs is 2. The van der Waals surface area contributed by atoms with Gasteiger partial charge in [-0.25, -0.2) is 18.0 Å². The lowest BCUT2D eigenvalue weighted by Crippen LogP contribution is -2.34. The van der Waals surface area contributed by atoms with Crippen LogP contribution in [0.1, 0.15) is 141 Å². The highest BCUT2D eigenvalue weighted by atomic mass is 19.1. The van der Waals surface area contributed by atoms with Crippen LogP contribution in [0.5, 0.6) is 0 Å². The van der Waals surface area contributed by atoms with Gasteiger partial charge in [0, 0.05) is 153 Å². The Kier molecular flexibility index (Phi) is 29.2. The standard InChI is InChI=1S/C25H26FN5O2.C23H22N4O.C22H21FN4.C22H17FN2.C21H18N4O/c1-14(2)29-25(33)31-23-8-6-17(10-19(23)12-27)21-11-20(30-16(4)32)13-28-24(21)18-5-7-22(26)15(3)9-18;1-14(28)27-20-11-21(17-7-8-22(25)19(10-17)12-24)23(26-13-20)18-4-2-3-16(9-18)15-5-6-15;1-13-8-15(2-6-20(13)23)22-19(10-18(12-26-22)27-17-4-5-17)14-3-7-21(25)16(9-14)11-24;23-21-8-7-16(11-20(21)14-3-4-14)22-19(2-1-9-25-22)15-5-6-17-12-24-13-18(17)10-15;1-13-4-3-5-16(8-13)21-19(10-18(12-22-21)24-14(2)26)15-6-7-20-17(9-15)11-23-25-20/h5-14,27H,1-4H3,(H,30,32)(H2,29,31,33);2-4,7-13,15,24H,5-6,25H2,1H3,(H,27,28);2-3,6-12,17,24,27H,4-5,25H2,1H3;1-2,5-11,13-14H,3-4,12H2;3-12H,1-2H3,(H,23,25)(H,24,26). The number of nitrogens with two attached hydrogens (primary N) is 2. The smallest absolute Gasteiger partial charge is 0.319 e. The predicted molar refractivity (Wildman–Crippen MR) is 554 cm³/mol. The Morgan fingerprint density at radius 2 is 0.885 bits per heavy atom. The maximum absolute atomic E-state index is 14.1. The SMILES string of the molecule is CC(=O)Nc1cnc(-c2ccc(F)c(C)c2)c(-c2ccc(NC(=O)NC(C)C)c(C=N)c2)c1.CC(=O)Nc1cnc(-c2cccc(C)c2)c(-c2ccc3[nH]ncc3c2)c1.CC(=O)Nc1cnc(-c2cccc(C3CC3)c2)c(-c2ccc(N)c(C=N)c2)c1.Cc1cc(-c2ncc(NC3CC3)cc2-c2ccc(N)c(C=N)c2)ccc1F.Fc1ccc(-c2ncccc2-c2ccc3c(c2)C=NC3)cc1C1CC1. The minimum Gasteiger partial charge on any atom is -0.398 e. The van der Waals surface area contributed by atoms with Crippen molar-refractivity contribution in [2.24, 2.45) is 4.99 Å². The maximum atomic E-state index is 14.1. The van der Waals surface area contributed by atoms with Crippen LogP contribution in [0.2, 0.25) is 0 Å². The number of carbonyl (C=O) groups excluding carboxylic acids is 4. The lowest BCUT2D eigenvalue weighted by Gasteiger charge is -2.15. The summed E-state index contributed by atoms with van der Waals surface area (Å²) in [6.07, 6.45) is 22.9. The number of aromatic amines is 1. The fourth-order valence-electron chi connectivity index (χ4n) is 16.5. The molecule has 4 aliphatic rings. The number of aryl methyl sites for hydroxylation is 3. The zero-order chi connectivity index (χ0) is 97.7. The van der Waals surface area contributed by atoms with Crippen molar-refractivity contribution in [2.45, 2.75) is 124 Å². The molecule has 3 aliphatic carbocycles. The molecule has 26 heteroatoms. The number of amides is 5. The highest BCUT2D eigenvalue weighted by Gasteiger charge is 2.29. The summed E-state index contributed by atoms with van der Waals surface area (Å²) in [6.45, 7) is 14.3. The van der Waals surface area contributed by atoms with E-state index < -0.39 is 0 Å². The minimum atomic E-state index is -0.363. The molecule has 0 unspecified atom stereocenters. The van der Waals surface area contributed by atoms with Crippen molar-refractivity contribution in [2.75, 3.05) is 38.1 Å². The average Bonchev–Trinajstić information content (AvgIpc) is 1.75. The van der Waals surface area contributed by atoms with Crippen LogP contribution in [0, 0.1) is 54.5 Å². The van der Waals surface area contributed by atoms with Crippen molar-refractivity contribution in [3.05, 3.63) is 341 Å². The number of nitrogen functional groups attached to an aromatic ring is 2. The van der Waals surface area contributed by atoms with Gasteiger partial charge < -0.3 is 59.6 Å². The van der Waals surface area contributed by atoms with Crippen molar-refractivity contribution >= 4 is 99.3 Å². The Labute approximate surface area is 803 Å². The number of benzene rings is 10. The maximum Gasteiger partial charge on any atom is 0.319 e. The molecule has 23 nitrogen and oxygen atoms in total. The normalized spacial score (nSPS) is 12.6. The highest BCUT2D eigenvalue weighted by molar-refractivity contribution is 6.01. The largest absolute Gasteiger partial charge is 0.398 e. The van der Waals surface area contributed by atoms with Crippen LogP contribution in [0.15, 0.2) is 273 Å². The number of halogens is 3. The minimum absolute atomic E-state index is 0.0305. The number of nitrogens with one attached hydrogen (secondary N) is 10. The second-order valence-electron chi connectivity index (χ2n) is 35.3. The molecule has 0 bridgehead atoms. The molecule has 0 spiro atoms. The van der Waals surface area contributed by atoms with Gasteiger partial charge in [-0.05, 0) is 298 Å².